The number of aryl methyl sites for hydroxylation is 1. The summed E-state index contributed by atoms with van der Waals surface area (Å²) in [7, 11) is 1.81. The minimum absolute atomic E-state index is 0. The van der Waals surface area contributed by atoms with Gasteiger partial charge in [0.05, 0.1) is 22.5 Å². The van der Waals surface area contributed by atoms with Gasteiger partial charge in [0.1, 0.15) is 11.2 Å². The number of imidazole rings is 1. The summed E-state index contributed by atoms with van der Waals surface area (Å²) in [5.74, 6) is 0.514. The van der Waals surface area contributed by atoms with E-state index in [0.717, 1.165) is 17.5 Å². The summed E-state index contributed by atoms with van der Waals surface area (Å²) in [6, 6.07) is 8.70. The molecule has 0 saturated carbocycles. The Labute approximate surface area is 188 Å². The fourth-order valence-corrected chi connectivity index (χ4v) is 3.48. The number of hydrogen-bond donors (Lipinski definition) is 1. The smallest absolute Gasteiger partial charge is 0.334 e. The molecule has 5 nitrogen and oxygen atoms in total. The van der Waals surface area contributed by atoms with Gasteiger partial charge in [0.25, 0.3) is 0 Å². The Hall–Kier alpha value is -2.58. The lowest BCUT2D eigenvalue weighted by Crippen LogP contribution is -2.12. The van der Waals surface area contributed by atoms with Gasteiger partial charge in [0, 0.05) is 18.0 Å². The molecule has 0 aliphatic rings. The average molecular weight is 470 g/mol. The molecule has 10 heteroatoms. The highest BCUT2D eigenvalue weighted by Gasteiger charge is 2.34. The van der Waals surface area contributed by atoms with E-state index in [1.165, 1.54) is 24.3 Å². The highest BCUT2D eigenvalue weighted by atomic mass is 35.5. The number of nitrogens with zero attached hydrogens (tertiary/aromatic N) is 4. The fraction of sp³-hybridized carbons (Fsp3) is 0.286. The van der Waals surface area contributed by atoms with Gasteiger partial charge in [-0.2, -0.15) is 18.3 Å². The van der Waals surface area contributed by atoms with E-state index in [9.17, 15) is 13.2 Å². The van der Waals surface area contributed by atoms with Crippen LogP contribution in [0, 0.1) is 0 Å². The zero-order chi connectivity index (χ0) is 21.8. The maximum absolute atomic E-state index is 13.4. The summed E-state index contributed by atoms with van der Waals surface area (Å²) in [5.41, 5.74) is 1.66. The number of H-pyrrole nitrogens is 1. The van der Waals surface area contributed by atoms with Gasteiger partial charge in [0.2, 0.25) is 0 Å². The predicted molar refractivity (Wildman–Crippen MR) is 117 cm³/mol. The number of benzene rings is 1. The lowest BCUT2D eigenvalue weighted by Gasteiger charge is -2.13. The molecule has 31 heavy (non-hydrogen) atoms. The van der Waals surface area contributed by atoms with Crippen LogP contribution in [0.25, 0.3) is 33.8 Å². The normalized spacial score (nSPS) is 12.3. The summed E-state index contributed by atoms with van der Waals surface area (Å²) in [5, 5.41) is 4.59. The van der Waals surface area contributed by atoms with Crippen LogP contribution in [0.3, 0.4) is 0 Å². The molecule has 0 amide bonds. The Bertz CT molecular complexity index is 1250. The van der Waals surface area contributed by atoms with Gasteiger partial charge in [0.15, 0.2) is 11.0 Å². The summed E-state index contributed by atoms with van der Waals surface area (Å²) in [6.45, 7) is 6.18. The minimum atomic E-state index is -4.51. The van der Waals surface area contributed by atoms with Crippen LogP contribution in [-0.2, 0) is 18.6 Å². The third kappa shape index (κ3) is 4.27. The summed E-state index contributed by atoms with van der Waals surface area (Å²) in [6.07, 6.45) is -4.51. The quantitative estimate of drug-likeness (QED) is 0.344. The van der Waals surface area contributed by atoms with Crippen molar-refractivity contribution in [1.82, 2.24) is 24.7 Å². The number of rotatable bonds is 2. The average Bonchev–Trinajstić information content (AvgIpc) is 3.24. The number of alkyl halides is 3. The molecule has 0 unspecified atom stereocenters. The lowest BCUT2D eigenvalue weighted by molar-refractivity contribution is -0.137. The van der Waals surface area contributed by atoms with Crippen molar-refractivity contribution in [1.29, 1.82) is 0 Å². The summed E-state index contributed by atoms with van der Waals surface area (Å²) >= 11 is 6.31. The molecule has 1 N–H and O–H groups in total. The topological polar surface area (TPSA) is 59.4 Å². The highest BCUT2D eigenvalue weighted by Crippen LogP contribution is 2.38. The maximum Gasteiger partial charge on any atom is 0.417 e. The van der Waals surface area contributed by atoms with Crippen LogP contribution < -0.4 is 0 Å². The van der Waals surface area contributed by atoms with Crippen molar-refractivity contribution in [3.63, 3.8) is 0 Å². The first-order chi connectivity index (χ1) is 13.9. The van der Waals surface area contributed by atoms with Crippen LogP contribution in [-0.4, -0.2) is 24.7 Å². The number of halogens is 5. The first kappa shape index (κ1) is 23.1. The Morgan fingerprint density at radius 1 is 1.03 bits per heavy atom. The van der Waals surface area contributed by atoms with E-state index < -0.39 is 11.7 Å². The monoisotopic (exact) mass is 469 g/mol. The Morgan fingerprint density at radius 3 is 2.32 bits per heavy atom. The number of nitrogens with one attached hydrogen (secondary N) is 1. The van der Waals surface area contributed by atoms with Crippen molar-refractivity contribution < 1.29 is 13.2 Å². The number of pyridine rings is 1. The SMILES string of the molecule is Cl.Cn1nc(C(C)(C)C)cc1-c1nc2cc(-c3ccccc3C(F)(F)F)nc(Cl)c2[nH]1. The van der Waals surface area contributed by atoms with Gasteiger partial charge < -0.3 is 4.98 Å². The van der Waals surface area contributed by atoms with Crippen molar-refractivity contribution in [3.8, 4) is 22.8 Å². The Balaban J connectivity index is 0.00000272. The van der Waals surface area contributed by atoms with Crippen molar-refractivity contribution in [3.05, 3.63) is 52.8 Å². The van der Waals surface area contributed by atoms with Gasteiger partial charge >= 0.3 is 6.18 Å². The van der Waals surface area contributed by atoms with E-state index in [2.05, 4.69) is 40.8 Å². The maximum atomic E-state index is 13.4. The molecule has 1 aromatic carbocycles. The van der Waals surface area contributed by atoms with Crippen molar-refractivity contribution in [2.45, 2.75) is 32.4 Å². The van der Waals surface area contributed by atoms with E-state index in [1.54, 1.807) is 4.68 Å². The summed E-state index contributed by atoms with van der Waals surface area (Å²) in [4.78, 5) is 11.9. The number of aromatic amines is 1. The second-order valence-electron chi connectivity index (χ2n) is 8.11. The molecule has 0 saturated heterocycles. The zero-order valence-electron chi connectivity index (χ0n) is 17.2. The molecule has 4 rings (SSSR count). The van der Waals surface area contributed by atoms with Crippen LogP contribution in [0.5, 0.6) is 0 Å². The molecular weight excluding hydrogens is 450 g/mol. The number of aromatic nitrogens is 5. The largest absolute Gasteiger partial charge is 0.417 e. The molecule has 0 fully saturated rings. The van der Waals surface area contributed by atoms with Crippen LogP contribution in [0.1, 0.15) is 32.0 Å². The van der Waals surface area contributed by atoms with Crippen LogP contribution >= 0.6 is 24.0 Å². The minimum Gasteiger partial charge on any atom is -0.334 e. The second-order valence-corrected chi connectivity index (χ2v) is 8.47. The molecule has 0 atom stereocenters. The fourth-order valence-electron chi connectivity index (χ4n) is 3.24. The van der Waals surface area contributed by atoms with E-state index in [0.29, 0.717) is 16.9 Å². The predicted octanol–water partition coefficient (Wildman–Crippen LogP) is 6.42. The van der Waals surface area contributed by atoms with Crippen molar-refractivity contribution in [2.75, 3.05) is 0 Å². The van der Waals surface area contributed by atoms with Gasteiger partial charge in [-0.3, -0.25) is 4.68 Å². The molecule has 0 spiro atoms. The van der Waals surface area contributed by atoms with E-state index in [1.807, 2.05) is 13.1 Å². The second kappa shape index (κ2) is 7.84. The first-order valence-corrected chi connectivity index (χ1v) is 9.60. The Kier molecular flexibility index (Phi) is 5.84. The van der Waals surface area contributed by atoms with E-state index in [-0.39, 0.29) is 34.2 Å². The Morgan fingerprint density at radius 2 is 1.71 bits per heavy atom. The number of fused-ring (bicyclic) bond motifs is 1. The first-order valence-electron chi connectivity index (χ1n) is 9.23. The van der Waals surface area contributed by atoms with Crippen molar-refractivity contribution >= 4 is 35.0 Å². The van der Waals surface area contributed by atoms with Crippen LogP contribution in [0.4, 0.5) is 13.2 Å². The van der Waals surface area contributed by atoms with Gasteiger partial charge in [-0.15, -0.1) is 12.4 Å². The standard InChI is InChI=1S/C21H19ClF3N5.ClH/c1-20(2,3)16-10-15(30(4)29-16)19-27-14-9-13(26-18(22)17(14)28-19)11-7-5-6-8-12(11)21(23,24)25;/h5-10H,1-4H3,(H,27,28);1H. The van der Waals surface area contributed by atoms with E-state index >= 15 is 0 Å². The van der Waals surface area contributed by atoms with E-state index in [4.69, 9.17) is 11.6 Å². The van der Waals surface area contributed by atoms with Crippen LogP contribution in [0.2, 0.25) is 5.15 Å². The third-order valence-electron chi connectivity index (χ3n) is 4.83. The zero-order valence-corrected chi connectivity index (χ0v) is 18.7. The lowest BCUT2D eigenvalue weighted by atomic mass is 9.92. The number of hydrogen-bond acceptors (Lipinski definition) is 3. The van der Waals surface area contributed by atoms with Crippen LogP contribution in [0.15, 0.2) is 36.4 Å². The molecule has 0 radical (unpaired) electrons. The molecule has 3 aromatic heterocycles. The molecule has 3 heterocycles. The molecule has 164 valence electrons. The third-order valence-corrected chi connectivity index (χ3v) is 5.10. The van der Waals surface area contributed by atoms with Gasteiger partial charge in [-0.25, -0.2) is 9.97 Å². The summed E-state index contributed by atoms with van der Waals surface area (Å²) < 4.78 is 42.0. The molecule has 0 aliphatic carbocycles. The molecule has 0 aliphatic heterocycles. The molecule has 4 aromatic rings. The van der Waals surface area contributed by atoms with Crippen molar-refractivity contribution in [2.24, 2.45) is 7.05 Å². The molecule has 0 bridgehead atoms. The highest BCUT2D eigenvalue weighted by molar-refractivity contribution is 6.34. The molecular formula is C21H20Cl2F3N5. The van der Waals surface area contributed by atoms with Gasteiger partial charge in [-0.1, -0.05) is 50.6 Å². The van der Waals surface area contributed by atoms with Gasteiger partial charge in [-0.05, 0) is 18.2 Å².